The van der Waals surface area contributed by atoms with Gasteiger partial charge in [-0.3, -0.25) is 0 Å². The molecular formula is C8H8N2. The first-order valence-electron chi connectivity index (χ1n) is 3.44. The van der Waals surface area contributed by atoms with E-state index >= 15 is 0 Å². The standard InChI is InChI=1S/C8H8N2/c9-4-7-3-8(7)6-1-2-10-5-6/h1-2,5,7-8,10H,3H2. The van der Waals surface area contributed by atoms with Crippen molar-refractivity contribution >= 4 is 0 Å². The zero-order chi connectivity index (χ0) is 6.97. The second kappa shape index (κ2) is 1.88. The van der Waals surface area contributed by atoms with Gasteiger partial charge in [-0.15, -0.1) is 0 Å². The molecule has 2 unspecified atom stereocenters. The van der Waals surface area contributed by atoms with E-state index in [1.807, 2.05) is 18.5 Å². The molecular weight excluding hydrogens is 124 g/mol. The van der Waals surface area contributed by atoms with Gasteiger partial charge in [0.05, 0.1) is 12.0 Å². The molecule has 1 aromatic heterocycles. The maximum Gasteiger partial charge on any atom is 0.0662 e. The van der Waals surface area contributed by atoms with Crippen molar-refractivity contribution in [2.75, 3.05) is 0 Å². The maximum absolute atomic E-state index is 8.52. The van der Waals surface area contributed by atoms with Crippen LogP contribution < -0.4 is 0 Å². The van der Waals surface area contributed by atoms with E-state index in [2.05, 4.69) is 11.1 Å². The Bertz CT molecular complexity index is 255. The fourth-order valence-electron chi connectivity index (χ4n) is 1.27. The van der Waals surface area contributed by atoms with Crippen LogP contribution in [-0.2, 0) is 0 Å². The largest absolute Gasteiger partial charge is 0.367 e. The van der Waals surface area contributed by atoms with E-state index in [1.165, 1.54) is 5.56 Å². The van der Waals surface area contributed by atoms with Crippen LogP contribution in [0.1, 0.15) is 17.9 Å². The quantitative estimate of drug-likeness (QED) is 0.620. The summed E-state index contributed by atoms with van der Waals surface area (Å²) in [5.74, 6) is 0.812. The lowest BCUT2D eigenvalue weighted by Gasteiger charge is -1.85. The molecule has 1 aromatic rings. The molecule has 50 valence electrons. The first-order chi connectivity index (χ1) is 4.92. The predicted octanol–water partition coefficient (Wildman–Crippen LogP) is 1.64. The number of nitrogens with one attached hydrogen (secondary N) is 1. The molecule has 1 heterocycles. The molecule has 2 heteroatoms. The van der Waals surface area contributed by atoms with Crippen molar-refractivity contribution in [1.82, 2.24) is 4.98 Å². The molecule has 10 heavy (non-hydrogen) atoms. The third-order valence-corrected chi connectivity index (χ3v) is 2.01. The normalized spacial score (nSPS) is 29.5. The van der Waals surface area contributed by atoms with Crippen LogP contribution >= 0.6 is 0 Å². The van der Waals surface area contributed by atoms with Gasteiger partial charge in [-0.1, -0.05) is 0 Å². The molecule has 1 fully saturated rings. The molecule has 0 spiro atoms. The van der Waals surface area contributed by atoms with Crippen molar-refractivity contribution < 1.29 is 0 Å². The number of aromatic nitrogens is 1. The SMILES string of the molecule is N#CC1CC1c1cc[nH]c1. The summed E-state index contributed by atoms with van der Waals surface area (Å²) in [5, 5.41) is 8.52. The Morgan fingerprint density at radius 3 is 3.10 bits per heavy atom. The van der Waals surface area contributed by atoms with Crippen LogP contribution in [0.15, 0.2) is 18.5 Å². The first kappa shape index (κ1) is 5.55. The molecule has 1 N–H and O–H groups in total. The van der Waals surface area contributed by atoms with Crippen molar-refractivity contribution in [3.63, 3.8) is 0 Å². The van der Waals surface area contributed by atoms with Crippen LogP contribution in [0.5, 0.6) is 0 Å². The van der Waals surface area contributed by atoms with Gasteiger partial charge in [0.25, 0.3) is 0 Å². The summed E-state index contributed by atoms with van der Waals surface area (Å²) < 4.78 is 0. The van der Waals surface area contributed by atoms with E-state index in [-0.39, 0.29) is 5.92 Å². The molecule has 1 saturated carbocycles. The molecule has 2 atom stereocenters. The highest BCUT2D eigenvalue weighted by Crippen LogP contribution is 2.46. The van der Waals surface area contributed by atoms with E-state index in [9.17, 15) is 0 Å². The molecule has 0 saturated heterocycles. The van der Waals surface area contributed by atoms with Gasteiger partial charge in [-0.25, -0.2) is 0 Å². The number of aromatic amines is 1. The molecule has 0 aliphatic heterocycles. The predicted molar refractivity (Wildman–Crippen MR) is 37.3 cm³/mol. The maximum atomic E-state index is 8.52. The van der Waals surface area contributed by atoms with Gasteiger partial charge in [-0.05, 0) is 18.1 Å². The van der Waals surface area contributed by atoms with Crippen LogP contribution in [0.25, 0.3) is 0 Å². The zero-order valence-corrected chi connectivity index (χ0v) is 5.54. The van der Waals surface area contributed by atoms with E-state index in [0.717, 1.165) is 6.42 Å². The highest BCUT2D eigenvalue weighted by Gasteiger charge is 2.38. The average molecular weight is 132 g/mol. The number of hydrogen-bond donors (Lipinski definition) is 1. The molecule has 0 aromatic carbocycles. The van der Waals surface area contributed by atoms with Crippen molar-refractivity contribution in [3.8, 4) is 6.07 Å². The number of rotatable bonds is 1. The van der Waals surface area contributed by atoms with Gasteiger partial charge in [0.2, 0.25) is 0 Å². The summed E-state index contributed by atoms with van der Waals surface area (Å²) in [4.78, 5) is 2.99. The summed E-state index contributed by atoms with van der Waals surface area (Å²) in [6.45, 7) is 0. The fraction of sp³-hybridized carbons (Fsp3) is 0.375. The van der Waals surface area contributed by atoms with Gasteiger partial charge in [0.1, 0.15) is 0 Å². The number of nitriles is 1. The highest BCUT2D eigenvalue weighted by molar-refractivity contribution is 5.26. The van der Waals surface area contributed by atoms with Gasteiger partial charge in [0.15, 0.2) is 0 Å². The summed E-state index contributed by atoms with van der Waals surface area (Å²) in [7, 11) is 0. The van der Waals surface area contributed by atoms with Crippen LogP contribution in [0.4, 0.5) is 0 Å². The molecule has 0 bridgehead atoms. The number of hydrogen-bond acceptors (Lipinski definition) is 1. The number of nitrogens with zero attached hydrogens (tertiary/aromatic N) is 1. The minimum atomic E-state index is 0.288. The molecule has 2 rings (SSSR count). The van der Waals surface area contributed by atoms with E-state index < -0.39 is 0 Å². The first-order valence-corrected chi connectivity index (χ1v) is 3.44. The Labute approximate surface area is 59.5 Å². The van der Waals surface area contributed by atoms with Crippen LogP contribution in [-0.4, -0.2) is 4.98 Å². The van der Waals surface area contributed by atoms with Gasteiger partial charge in [0, 0.05) is 18.3 Å². The van der Waals surface area contributed by atoms with Crippen LogP contribution in [0.3, 0.4) is 0 Å². The Kier molecular flexibility index (Phi) is 1.04. The monoisotopic (exact) mass is 132 g/mol. The van der Waals surface area contributed by atoms with Gasteiger partial charge < -0.3 is 4.98 Å². The molecule has 1 aliphatic carbocycles. The van der Waals surface area contributed by atoms with Crippen molar-refractivity contribution in [2.45, 2.75) is 12.3 Å². The Hall–Kier alpha value is -1.23. The average Bonchev–Trinajstić information content (AvgIpc) is 2.56. The van der Waals surface area contributed by atoms with Crippen molar-refractivity contribution in [3.05, 3.63) is 24.0 Å². The Balaban J connectivity index is 2.13. The molecule has 0 amide bonds. The van der Waals surface area contributed by atoms with Gasteiger partial charge >= 0.3 is 0 Å². The van der Waals surface area contributed by atoms with Crippen LogP contribution in [0, 0.1) is 17.2 Å². The second-order valence-corrected chi connectivity index (χ2v) is 2.72. The molecule has 2 nitrogen and oxygen atoms in total. The van der Waals surface area contributed by atoms with Crippen molar-refractivity contribution in [2.24, 2.45) is 5.92 Å². The summed E-state index contributed by atoms with van der Waals surface area (Å²) in [6, 6.07) is 4.31. The third-order valence-electron chi connectivity index (χ3n) is 2.01. The van der Waals surface area contributed by atoms with E-state index in [1.54, 1.807) is 0 Å². The van der Waals surface area contributed by atoms with Crippen LogP contribution in [0.2, 0.25) is 0 Å². The lowest BCUT2D eigenvalue weighted by molar-refractivity contribution is 1.02. The Morgan fingerprint density at radius 1 is 1.70 bits per heavy atom. The van der Waals surface area contributed by atoms with Gasteiger partial charge in [-0.2, -0.15) is 5.26 Å². The fourth-order valence-corrected chi connectivity index (χ4v) is 1.27. The summed E-state index contributed by atoms with van der Waals surface area (Å²) in [5.41, 5.74) is 1.28. The lowest BCUT2D eigenvalue weighted by Crippen LogP contribution is -1.74. The smallest absolute Gasteiger partial charge is 0.0662 e. The lowest BCUT2D eigenvalue weighted by atomic mass is 10.2. The van der Waals surface area contributed by atoms with E-state index in [4.69, 9.17) is 5.26 Å². The summed E-state index contributed by atoms with van der Waals surface area (Å²) in [6.07, 6.45) is 4.93. The zero-order valence-electron chi connectivity index (χ0n) is 5.54. The summed E-state index contributed by atoms with van der Waals surface area (Å²) >= 11 is 0. The highest BCUT2D eigenvalue weighted by atomic mass is 14.6. The Morgan fingerprint density at radius 2 is 2.60 bits per heavy atom. The topological polar surface area (TPSA) is 39.6 Å². The van der Waals surface area contributed by atoms with Crippen molar-refractivity contribution in [1.29, 1.82) is 5.26 Å². The minimum Gasteiger partial charge on any atom is -0.367 e. The second-order valence-electron chi connectivity index (χ2n) is 2.72. The van der Waals surface area contributed by atoms with E-state index in [0.29, 0.717) is 5.92 Å². The molecule has 0 radical (unpaired) electrons. The third kappa shape index (κ3) is 0.714. The molecule has 1 aliphatic rings. The minimum absolute atomic E-state index is 0.288. The number of H-pyrrole nitrogens is 1.